The van der Waals surface area contributed by atoms with Gasteiger partial charge in [-0.2, -0.15) is 0 Å². The highest BCUT2D eigenvalue weighted by molar-refractivity contribution is 9.09. The largest absolute Gasteiger partial charge is 0.264 e. The molecular weight excluding hydrogens is 274 g/mol. The van der Waals surface area contributed by atoms with Gasteiger partial charge >= 0.3 is 0 Å². The van der Waals surface area contributed by atoms with Crippen LogP contribution in [0.4, 0.5) is 0 Å². The third-order valence-corrected chi connectivity index (χ3v) is 4.79. The van der Waals surface area contributed by atoms with Crippen molar-refractivity contribution in [3.8, 4) is 0 Å². The van der Waals surface area contributed by atoms with Gasteiger partial charge in [-0.25, -0.2) is 0 Å². The summed E-state index contributed by atoms with van der Waals surface area (Å²) in [4.78, 5) is 4.88. The quantitative estimate of drug-likeness (QED) is 0.707. The Morgan fingerprint density at radius 1 is 1.35 bits per heavy atom. The fraction of sp³-hybridized carbons (Fsp3) is 0.400. The number of fused-ring (bicyclic) bond motifs is 1. The second-order valence-electron chi connectivity index (χ2n) is 5.30. The average molecular weight is 290 g/mol. The number of hydrogen-bond donors (Lipinski definition) is 0. The first-order chi connectivity index (χ1) is 8.19. The molecule has 1 nitrogen and oxygen atoms in total. The molecule has 0 amide bonds. The van der Waals surface area contributed by atoms with Crippen molar-refractivity contribution in [2.24, 2.45) is 0 Å². The van der Waals surface area contributed by atoms with Crippen molar-refractivity contribution in [2.75, 3.05) is 0 Å². The van der Waals surface area contributed by atoms with Gasteiger partial charge in [0.1, 0.15) is 0 Å². The van der Waals surface area contributed by atoms with Gasteiger partial charge in [0, 0.05) is 22.6 Å². The highest BCUT2D eigenvalue weighted by Crippen LogP contribution is 2.45. The fourth-order valence-corrected chi connectivity index (χ4v) is 4.01. The van der Waals surface area contributed by atoms with E-state index in [9.17, 15) is 0 Å². The maximum Gasteiger partial charge on any atom is 0.0346 e. The first kappa shape index (κ1) is 11.2. The van der Waals surface area contributed by atoms with Crippen molar-refractivity contribution in [2.45, 2.75) is 36.4 Å². The smallest absolute Gasteiger partial charge is 0.0346 e. The molecule has 0 spiro atoms. The number of nitrogens with zero attached hydrogens (tertiary/aromatic N) is 1. The van der Waals surface area contributed by atoms with E-state index in [1.807, 2.05) is 12.4 Å². The zero-order valence-electron chi connectivity index (χ0n) is 9.99. The molecule has 1 aromatic carbocycles. The first-order valence-electron chi connectivity index (χ1n) is 6.16. The van der Waals surface area contributed by atoms with Gasteiger partial charge in [-0.05, 0) is 41.7 Å². The number of rotatable bonds is 1. The molecule has 0 N–H and O–H groups in total. The highest BCUT2D eigenvalue weighted by Gasteiger charge is 2.36. The molecule has 2 heteroatoms. The number of alkyl halides is 1. The van der Waals surface area contributed by atoms with Crippen LogP contribution in [0.2, 0.25) is 0 Å². The molecule has 1 heterocycles. The number of aromatic nitrogens is 1. The van der Waals surface area contributed by atoms with Gasteiger partial charge in [0.15, 0.2) is 0 Å². The normalized spacial score (nSPS) is 28.7. The van der Waals surface area contributed by atoms with Gasteiger partial charge in [0.2, 0.25) is 0 Å². The Balaban J connectivity index is 2.17. The molecule has 3 rings (SSSR count). The Labute approximate surface area is 110 Å². The Bertz CT molecular complexity index is 546. The van der Waals surface area contributed by atoms with Crippen LogP contribution in [-0.4, -0.2) is 9.81 Å². The summed E-state index contributed by atoms with van der Waals surface area (Å²) < 4.78 is 0. The molecule has 1 saturated carbocycles. The lowest BCUT2D eigenvalue weighted by Gasteiger charge is -2.26. The van der Waals surface area contributed by atoms with Crippen molar-refractivity contribution in [3.63, 3.8) is 0 Å². The van der Waals surface area contributed by atoms with Crippen LogP contribution in [-0.2, 0) is 5.41 Å². The van der Waals surface area contributed by atoms with Gasteiger partial charge in [0.05, 0.1) is 0 Å². The minimum atomic E-state index is 0.315. The van der Waals surface area contributed by atoms with E-state index in [0.717, 1.165) is 0 Å². The van der Waals surface area contributed by atoms with Crippen molar-refractivity contribution in [1.82, 2.24) is 4.98 Å². The summed E-state index contributed by atoms with van der Waals surface area (Å²) in [6, 6.07) is 8.74. The van der Waals surface area contributed by atoms with E-state index < -0.39 is 0 Å². The molecule has 17 heavy (non-hydrogen) atoms. The molecule has 0 aliphatic heterocycles. The van der Waals surface area contributed by atoms with E-state index in [0.29, 0.717) is 10.2 Å². The van der Waals surface area contributed by atoms with E-state index in [1.54, 1.807) is 0 Å². The summed E-state index contributed by atoms with van der Waals surface area (Å²) in [6.07, 6.45) is 7.63. The second-order valence-corrected chi connectivity index (χ2v) is 6.60. The van der Waals surface area contributed by atoms with E-state index in [2.05, 4.69) is 52.1 Å². The minimum Gasteiger partial charge on any atom is -0.264 e. The molecular formula is C15H16BrN. The molecule has 1 aromatic heterocycles. The molecule has 2 aromatic rings. The Morgan fingerprint density at radius 3 is 3.00 bits per heavy atom. The Hall–Kier alpha value is -0.890. The van der Waals surface area contributed by atoms with Gasteiger partial charge in [0.25, 0.3) is 0 Å². The number of pyridine rings is 1. The van der Waals surface area contributed by atoms with Crippen LogP contribution in [0.1, 0.15) is 31.7 Å². The van der Waals surface area contributed by atoms with E-state index >= 15 is 0 Å². The van der Waals surface area contributed by atoms with Gasteiger partial charge in [-0.3, -0.25) is 4.98 Å². The molecule has 1 aliphatic rings. The zero-order valence-corrected chi connectivity index (χ0v) is 11.6. The lowest BCUT2D eigenvalue weighted by Crippen LogP contribution is -2.18. The Morgan fingerprint density at radius 2 is 2.24 bits per heavy atom. The summed E-state index contributed by atoms with van der Waals surface area (Å²) in [5, 5.41) is 2.62. The molecule has 2 unspecified atom stereocenters. The van der Waals surface area contributed by atoms with Crippen LogP contribution >= 0.6 is 15.9 Å². The summed E-state index contributed by atoms with van der Waals surface area (Å²) in [7, 11) is 0. The standard InChI is InChI=1S/C15H16BrN/c1-15(7-5-12(16)9-15)14-4-2-3-11-10-17-8-6-13(11)14/h2-4,6,8,10,12H,5,7,9H2,1H3. The van der Waals surface area contributed by atoms with E-state index in [1.165, 1.54) is 35.6 Å². The summed E-state index contributed by atoms with van der Waals surface area (Å²) >= 11 is 3.76. The number of benzene rings is 1. The maximum atomic E-state index is 4.21. The van der Waals surface area contributed by atoms with Gasteiger partial charge in [-0.15, -0.1) is 0 Å². The summed E-state index contributed by atoms with van der Waals surface area (Å²) in [5.41, 5.74) is 1.80. The van der Waals surface area contributed by atoms with Gasteiger partial charge in [-0.1, -0.05) is 41.1 Å². The number of halogens is 1. The van der Waals surface area contributed by atoms with Crippen LogP contribution < -0.4 is 0 Å². The molecule has 1 aliphatic carbocycles. The van der Waals surface area contributed by atoms with Crippen LogP contribution in [0.25, 0.3) is 10.8 Å². The molecule has 0 bridgehead atoms. The van der Waals surface area contributed by atoms with Crippen LogP contribution in [0, 0.1) is 0 Å². The monoisotopic (exact) mass is 289 g/mol. The highest BCUT2D eigenvalue weighted by atomic mass is 79.9. The second kappa shape index (κ2) is 4.09. The SMILES string of the molecule is CC1(c2cccc3cnccc23)CCC(Br)C1. The number of hydrogen-bond acceptors (Lipinski definition) is 1. The summed E-state index contributed by atoms with van der Waals surface area (Å²) in [6.45, 7) is 2.39. The predicted octanol–water partition coefficient (Wildman–Crippen LogP) is 4.44. The van der Waals surface area contributed by atoms with Gasteiger partial charge < -0.3 is 0 Å². The van der Waals surface area contributed by atoms with Crippen molar-refractivity contribution in [1.29, 1.82) is 0 Å². The van der Waals surface area contributed by atoms with E-state index in [-0.39, 0.29) is 0 Å². The van der Waals surface area contributed by atoms with E-state index in [4.69, 9.17) is 0 Å². The molecule has 1 fully saturated rings. The van der Waals surface area contributed by atoms with Crippen LogP contribution in [0.15, 0.2) is 36.7 Å². The first-order valence-corrected chi connectivity index (χ1v) is 7.08. The molecule has 0 saturated heterocycles. The lowest BCUT2D eigenvalue weighted by atomic mass is 9.79. The maximum absolute atomic E-state index is 4.21. The molecule has 0 radical (unpaired) electrons. The minimum absolute atomic E-state index is 0.315. The summed E-state index contributed by atoms with van der Waals surface area (Å²) in [5.74, 6) is 0. The Kier molecular flexibility index (Phi) is 2.70. The van der Waals surface area contributed by atoms with Crippen molar-refractivity contribution in [3.05, 3.63) is 42.2 Å². The zero-order chi connectivity index (χ0) is 11.9. The topological polar surface area (TPSA) is 12.9 Å². The van der Waals surface area contributed by atoms with Crippen molar-refractivity contribution >= 4 is 26.7 Å². The third-order valence-electron chi connectivity index (χ3n) is 4.01. The predicted molar refractivity (Wildman–Crippen MR) is 75.7 cm³/mol. The third kappa shape index (κ3) is 1.89. The van der Waals surface area contributed by atoms with Crippen LogP contribution in [0.5, 0.6) is 0 Å². The fourth-order valence-electron chi connectivity index (χ4n) is 3.06. The van der Waals surface area contributed by atoms with Crippen molar-refractivity contribution < 1.29 is 0 Å². The lowest BCUT2D eigenvalue weighted by molar-refractivity contribution is 0.497. The molecule has 2 atom stereocenters. The average Bonchev–Trinajstić information content (AvgIpc) is 2.70. The molecule has 88 valence electrons. The van der Waals surface area contributed by atoms with Crippen LogP contribution in [0.3, 0.4) is 0 Å².